The van der Waals surface area contributed by atoms with Crippen LogP contribution >= 0.6 is 0 Å². The molecule has 1 heterocycles. The molecule has 5 nitrogen and oxygen atoms in total. The number of nitrogens with one attached hydrogen (secondary N) is 1. The lowest BCUT2D eigenvalue weighted by atomic mass is 10.0. The van der Waals surface area contributed by atoms with Gasteiger partial charge in [-0.3, -0.25) is 9.59 Å². The summed E-state index contributed by atoms with van der Waals surface area (Å²) in [6, 6.07) is 6.54. The van der Waals surface area contributed by atoms with Crippen molar-refractivity contribution in [2.45, 2.75) is 32.7 Å². The van der Waals surface area contributed by atoms with Crippen LogP contribution in [0, 0.1) is 5.92 Å². The Bertz CT molecular complexity index is 528. The molecule has 0 aromatic heterocycles. The minimum atomic E-state index is -0.184. The molecule has 1 fully saturated rings. The van der Waals surface area contributed by atoms with E-state index >= 15 is 0 Å². The molecule has 21 heavy (non-hydrogen) atoms. The van der Waals surface area contributed by atoms with E-state index in [-0.39, 0.29) is 29.5 Å². The molecule has 114 valence electrons. The largest absolute Gasteiger partial charge is 0.507 e. The number of piperidine rings is 1. The number of para-hydroxylation sites is 1. The smallest absolute Gasteiger partial charge is 0.257 e. The normalized spacial score (nSPS) is 18.6. The lowest BCUT2D eigenvalue weighted by molar-refractivity contribution is -0.125. The van der Waals surface area contributed by atoms with Crippen LogP contribution < -0.4 is 5.32 Å². The van der Waals surface area contributed by atoms with Gasteiger partial charge in [-0.15, -0.1) is 0 Å². The van der Waals surface area contributed by atoms with Crippen molar-refractivity contribution in [1.82, 2.24) is 10.2 Å². The van der Waals surface area contributed by atoms with E-state index in [1.807, 2.05) is 13.8 Å². The van der Waals surface area contributed by atoms with Crippen LogP contribution in [0.1, 0.15) is 37.0 Å². The molecule has 2 amide bonds. The van der Waals surface area contributed by atoms with Crippen LogP contribution in [-0.2, 0) is 4.79 Å². The highest BCUT2D eigenvalue weighted by molar-refractivity contribution is 5.96. The Morgan fingerprint density at radius 3 is 2.71 bits per heavy atom. The molecule has 0 bridgehead atoms. The topological polar surface area (TPSA) is 69.6 Å². The van der Waals surface area contributed by atoms with E-state index < -0.39 is 0 Å². The highest BCUT2D eigenvalue weighted by atomic mass is 16.3. The number of likely N-dealkylation sites (tertiary alicyclic amines) is 1. The van der Waals surface area contributed by atoms with Gasteiger partial charge in [-0.2, -0.15) is 0 Å². The molecule has 0 unspecified atom stereocenters. The molecule has 1 aromatic rings. The first kappa shape index (κ1) is 15.4. The Labute approximate surface area is 125 Å². The summed E-state index contributed by atoms with van der Waals surface area (Å²) in [7, 11) is 0. The van der Waals surface area contributed by atoms with Gasteiger partial charge < -0.3 is 15.3 Å². The highest BCUT2D eigenvalue weighted by Crippen LogP contribution is 2.20. The quantitative estimate of drug-likeness (QED) is 0.891. The lowest BCUT2D eigenvalue weighted by Crippen LogP contribution is -2.50. The third-order valence-corrected chi connectivity index (χ3v) is 3.71. The van der Waals surface area contributed by atoms with Crippen molar-refractivity contribution in [2.75, 3.05) is 13.1 Å². The summed E-state index contributed by atoms with van der Waals surface area (Å²) in [6.07, 6.45) is 1.73. The van der Waals surface area contributed by atoms with E-state index in [0.29, 0.717) is 18.7 Å². The molecule has 2 N–H and O–H groups in total. The molecule has 0 spiro atoms. The van der Waals surface area contributed by atoms with Crippen molar-refractivity contribution >= 4 is 11.8 Å². The predicted octanol–water partition coefficient (Wildman–Crippen LogP) is 1.77. The second-order valence-corrected chi connectivity index (χ2v) is 5.77. The van der Waals surface area contributed by atoms with Crippen molar-refractivity contribution in [1.29, 1.82) is 0 Å². The van der Waals surface area contributed by atoms with Crippen molar-refractivity contribution in [3.63, 3.8) is 0 Å². The lowest BCUT2D eigenvalue weighted by Gasteiger charge is -2.33. The molecular formula is C16H22N2O3. The maximum Gasteiger partial charge on any atom is 0.257 e. The number of nitrogens with zero attached hydrogens (tertiary/aromatic N) is 1. The van der Waals surface area contributed by atoms with Gasteiger partial charge in [0.1, 0.15) is 5.75 Å². The van der Waals surface area contributed by atoms with Gasteiger partial charge in [0.05, 0.1) is 5.56 Å². The number of hydrogen-bond donors (Lipinski definition) is 2. The summed E-state index contributed by atoms with van der Waals surface area (Å²) in [4.78, 5) is 25.9. The fourth-order valence-electron chi connectivity index (χ4n) is 2.47. The Morgan fingerprint density at radius 1 is 1.33 bits per heavy atom. The van der Waals surface area contributed by atoms with Gasteiger partial charge in [0, 0.05) is 25.0 Å². The second kappa shape index (κ2) is 6.61. The van der Waals surface area contributed by atoms with Crippen LogP contribution in [0.2, 0.25) is 0 Å². The molecular weight excluding hydrogens is 268 g/mol. The molecule has 0 radical (unpaired) electrons. The van der Waals surface area contributed by atoms with Gasteiger partial charge in [0.15, 0.2) is 0 Å². The molecule has 0 aliphatic carbocycles. The highest BCUT2D eigenvalue weighted by Gasteiger charge is 2.27. The van der Waals surface area contributed by atoms with E-state index in [1.165, 1.54) is 6.07 Å². The third kappa shape index (κ3) is 3.74. The number of phenolic OH excluding ortho intramolecular Hbond substituents is 1. The van der Waals surface area contributed by atoms with Crippen molar-refractivity contribution in [3.05, 3.63) is 29.8 Å². The third-order valence-electron chi connectivity index (χ3n) is 3.71. The summed E-state index contributed by atoms with van der Waals surface area (Å²) in [5.74, 6) is -0.237. The van der Waals surface area contributed by atoms with Gasteiger partial charge in [-0.1, -0.05) is 26.0 Å². The SMILES string of the molecule is CC(C)C(=O)N[C@H]1CCCN(C(=O)c2ccccc2O)C1. The summed E-state index contributed by atoms with van der Waals surface area (Å²) >= 11 is 0. The standard InChI is InChI=1S/C16H22N2O3/c1-11(2)15(20)17-12-6-5-9-18(10-12)16(21)13-7-3-4-8-14(13)19/h3-4,7-8,11-12,19H,5-6,9-10H2,1-2H3,(H,17,20)/t12-/m0/s1. The number of benzene rings is 1. The van der Waals surface area contributed by atoms with Crippen LogP contribution in [-0.4, -0.2) is 41.0 Å². The summed E-state index contributed by atoms with van der Waals surface area (Å²) in [5, 5.41) is 12.8. The summed E-state index contributed by atoms with van der Waals surface area (Å²) < 4.78 is 0. The fourth-order valence-corrected chi connectivity index (χ4v) is 2.47. The van der Waals surface area contributed by atoms with Gasteiger partial charge >= 0.3 is 0 Å². The fraction of sp³-hybridized carbons (Fsp3) is 0.500. The van der Waals surface area contributed by atoms with Crippen LogP contribution in [0.3, 0.4) is 0 Å². The zero-order valence-corrected chi connectivity index (χ0v) is 12.5. The molecule has 0 saturated carbocycles. The van der Waals surface area contributed by atoms with Crippen LogP contribution in [0.25, 0.3) is 0 Å². The molecule has 1 saturated heterocycles. The number of carbonyl (C=O) groups excluding carboxylic acids is 2. The average Bonchev–Trinajstić information content (AvgIpc) is 2.47. The predicted molar refractivity (Wildman–Crippen MR) is 80.0 cm³/mol. The van der Waals surface area contributed by atoms with E-state index in [9.17, 15) is 14.7 Å². The Balaban J connectivity index is 2.02. The molecule has 1 atom stereocenters. The second-order valence-electron chi connectivity index (χ2n) is 5.77. The number of aromatic hydroxyl groups is 1. The van der Waals surface area contributed by atoms with Gasteiger partial charge in [0.25, 0.3) is 5.91 Å². The molecule has 1 aliphatic heterocycles. The maximum atomic E-state index is 12.4. The van der Waals surface area contributed by atoms with Crippen molar-refractivity contribution in [3.8, 4) is 5.75 Å². The first-order valence-electron chi connectivity index (χ1n) is 7.36. The van der Waals surface area contributed by atoms with Crippen LogP contribution in [0.15, 0.2) is 24.3 Å². The number of carbonyl (C=O) groups is 2. The number of hydrogen-bond acceptors (Lipinski definition) is 3. The first-order chi connectivity index (χ1) is 9.99. The zero-order chi connectivity index (χ0) is 15.4. The number of rotatable bonds is 3. The average molecular weight is 290 g/mol. The van der Waals surface area contributed by atoms with Gasteiger partial charge in [0.2, 0.25) is 5.91 Å². The maximum absolute atomic E-state index is 12.4. The van der Waals surface area contributed by atoms with Gasteiger partial charge in [-0.05, 0) is 25.0 Å². The van der Waals surface area contributed by atoms with E-state index in [1.54, 1.807) is 23.1 Å². The summed E-state index contributed by atoms with van der Waals surface area (Å²) in [5.41, 5.74) is 0.313. The molecule has 2 rings (SSSR count). The Morgan fingerprint density at radius 2 is 2.05 bits per heavy atom. The monoisotopic (exact) mass is 290 g/mol. The van der Waals surface area contributed by atoms with Crippen molar-refractivity contribution in [2.24, 2.45) is 5.92 Å². The van der Waals surface area contributed by atoms with Crippen LogP contribution in [0.5, 0.6) is 5.75 Å². The van der Waals surface area contributed by atoms with Crippen LogP contribution in [0.4, 0.5) is 0 Å². The number of phenols is 1. The van der Waals surface area contributed by atoms with E-state index in [4.69, 9.17) is 0 Å². The molecule has 1 aliphatic rings. The summed E-state index contributed by atoms with van der Waals surface area (Å²) in [6.45, 7) is 4.85. The van der Waals surface area contributed by atoms with E-state index in [2.05, 4.69) is 5.32 Å². The minimum absolute atomic E-state index is 0.00385. The Kier molecular flexibility index (Phi) is 4.83. The minimum Gasteiger partial charge on any atom is -0.507 e. The number of amides is 2. The van der Waals surface area contributed by atoms with Gasteiger partial charge in [-0.25, -0.2) is 0 Å². The first-order valence-corrected chi connectivity index (χ1v) is 7.36. The van der Waals surface area contributed by atoms with E-state index in [0.717, 1.165) is 12.8 Å². The Hall–Kier alpha value is -2.04. The molecule has 1 aromatic carbocycles. The zero-order valence-electron chi connectivity index (χ0n) is 12.5. The van der Waals surface area contributed by atoms with Crippen molar-refractivity contribution < 1.29 is 14.7 Å². The molecule has 5 heteroatoms.